The lowest BCUT2D eigenvalue weighted by atomic mass is 10.1. The Hall–Kier alpha value is -6.98. The molecule has 51 heavy (non-hydrogen) atoms. The molecule has 0 fully saturated rings. The Morgan fingerprint density at radius 3 is 1.06 bits per heavy atom. The lowest BCUT2D eigenvalue weighted by Gasteiger charge is -2.16. The van der Waals surface area contributed by atoms with Gasteiger partial charge in [0, 0.05) is 43.9 Å². The van der Waals surface area contributed by atoms with Crippen molar-refractivity contribution in [3.8, 4) is 28.7 Å². The predicted molar refractivity (Wildman–Crippen MR) is 210 cm³/mol. The number of hydrogen-bond donors (Lipinski definition) is 0. The summed E-state index contributed by atoms with van der Waals surface area (Å²) in [6, 6.07) is 45.3. The molecule has 0 bridgehead atoms. The van der Waals surface area contributed by atoms with Crippen LogP contribution in [0.2, 0.25) is 0 Å². The van der Waals surface area contributed by atoms with Gasteiger partial charge in [0.15, 0.2) is 5.82 Å². The van der Waals surface area contributed by atoms with Crippen LogP contribution >= 0.6 is 0 Å². The Kier molecular flexibility index (Phi) is 4.77. The fourth-order valence-corrected chi connectivity index (χ4v) is 7.77. The van der Waals surface area contributed by atoms with Gasteiger partial charge in [0.2, 0.25) is 0 Å². The Balaban J connectivity index is 1.27. The summed E-state index contributed by atoms with van der Waals surface area (Å²) in [7, 11) is 0. The minimum atomic E-state index is 0.365. The first-order chi connectivity index (χ1) is 27.7. The van der Waals surface area contributed by atoms with E-state index in [4.69, 9.17) is 18.2 Å². The molecule has 4 aromatic heterocycles. The second kappa shape index (κ2) is 10.8. The molecule has 4 heterocycles. The van der Waals surface area contributed by atoms with Gasteiger partial charge in [-0.2, -0.15) is 0 Å². The van der Waals surface area contributed by atoms with Crippen LogP contribution in [0.3, 0.4) is 0 Å². The van der Waals surface area contributed by atoms with E-state index in [0.717, 1.165) is 76.7 Å². The molecule has 0 amide bonds. The topological polar surface area (TPSA) is 40.6 Å². The van der Waals surface area contributed by atoms with Gasteiger partial charge in [-0.15, -0.1) is 0 Å². The number of aromatic nitrogens is 5. The van der Waals surface area contributed by atoms with Gasteiger partial charge in [-0.1, -0.05) is 121 Å². The fourth-order valence-electron chi connectivity index (χ4n) is 7.77. The second-order valence-corrected chi connectivity index (χ2v) is 12.6. The van der Waals surface area contributed by atoms with E-state index in [1.54, 1.807) is 36.4 Å². The van der Waals surface area contributed by atoms with E-state index in [1.165, 1.54) is 0 Å². The van der Waals surface area contributed by atoms with Crippen LogP contribution in [0.5, 0.6) is 0 Å². The molecule has 0 aliphatic heterocycles. The van der Waals surface area contributed by atoms with Crippen molar-refractivity contribution in [2.45, 2.75) is 0 Å². The van der Waals surface area contributed by atoms with Crippen molar-refractivity contribution in [1.82, 2.24) is 23.7 Å². The third-order valence-corrected chi connectivity index (χ3v) is 9.91. The predicted octanol–water partition coefficient (Wildman–Crippen LogP) is 11.4. The molecule has 11 aromatic rings. The zero-order valence-corrected chi connectivity index (χ0v) is 27.0. The molecular weight excluding hydrogens is 623 g/mol. The molecular formula is C46H29N5. The van der Waals surface area contributed by atoms with Gasteiger partial charge in [-0.25, -0.2) is 9.97 Å². The number of fused-ring (bicyclic) bond motifs is 9. The molecule has 0 saturated carbocycles. The third-order valence-electron chi connectivity index (χ3n) is 9.91. The van der Waals surface area contributed by atoms with Crippen LogP contribution in [-0.2, 0) is 0 Å². The minimum Gasteiger partial charge on any atom is -0.309 e. The number of nitrogens with zero attached hydrogens (tertiary/aromatic N) is 5. The van der Waals surface area contributed by atoms with Crippen molar-refractivity contribution < 1.29 is 8.22 Å². The van der Waals surface area contributed by atoms with Crippen molar-refractivity contribution in [3.63, 3.8) is 0 Å². The first kappa shape index (κ1) is 22.6. The van der Waals surface area contributed by atoms with Crippen LogP contribution < -0.4 is 0 Å². The SMILES string of the molecule is [2H]c1ccc2c(c1)c1cc([2H])ccc1n2-c1cc(-n2c3ccc([2H])cc3c3cc([2H])ccc32)nc(-c2ccccc2-n2c3ccc([2H])cc3c3cc([2H])ccc32)n1. The van der Waals surface area contributed by atoms with Crippen LogP contribution in [0, 0.1) is 0 Å². The maximum atomic E-state index is 8.47. The molecule has 0 N–H and O–H groups in total. The smallest absolute Gasteiger partial charge is 0.166 e. The lowest BCUT2D eigenvalue weighted by Crippen LogP contribution is -2.07. The normalized spacial score (nSPS) is 13.6. The first-order valence-corrected chi connectivity index (χ1v) is 16.7. The van der Waals surface area contributed by atoms with Gasteiger partial charge < -0.3 is 4.57 Å². The molecule has 7 aromatic carbocycles. The summed E-state index contributed by atoms with van der Waals surface area (Å²) in [6.07, 6.45) is 0. The van der Waals surface area contributed by atoms with E-state index in [0.29, 0.717) is 53.7 Å². The van der Waals surface area contributed by atoms with E-state index >= 15 is 0 Å². The maximum Gasteiger partial charge on any atom is 0.166 e. The Morgan fingerprint density at radius 1 is 0.353 bits per heavy atom. The molecule has 0 saturated heterocycles. The molecule has 0 atom stereocenters. The maximum absolute atomic E-state index is 8.47. The van der Waals surface area contributed by atoms with Gasteiger partial charge in [0.05, 0.1) is 47.0 Å². The Labute approximate surface area is 301 Å². The third kappa shape index (κ3) is 4.03. The summed E-state index contributed by atoms with van der Waals surface area (Å²) in [5.74, 6) is 1.59. The highest BCUT2D eigenvalue weighted by Crippen LogP contribution is 2.38. The quantitative estimate of drug-likeness (QED) is 0.189. The Morgan fingerprint density at radius 2 is 0.686 bits per heavy atom. The zero-order chi connectivity index (χ0) is 38.7. The molecule has 0 spiro atoms. The molecule has 0 aliphatic carbocycles. The monoisotopic (exact) mass is 657 g/mol. The highest BCUT2D eigenvalue weighted by molar-refractivity contribution is 6.11. The van der Waals surface area contributed by atoms with Crippen molar-refractivity contribution in [1.29, 1.82) is 0 Å². The molecule has 5 heteroatoms. The average molecular weight is 658 g/mol. The van der Waals surface area contributed by atoms with Gasteiger partial charge in [-0.05, 0) is 48.5 Å². The van der Waals surface area contributed by atoms with Crippen LogP contribution in [-0.4, -0.2) is 23.7 Å². The average Bonchev–Trinajstić information content (AvgIpc) is 3.81. The van der Waals surface area contributed by atoms with Crippen LogP contribution in [0.25, 0.3) is 94.1 Å². The van der Waals surface area contributed by atoms with Gasteiger partial charge in [0.25, 0.3) is 0 Å². The number of rotatable bonds is 4. The minimum absolute atomic E-state index is 0.365. The van der Waals surface area contributed by atoms with E-state index in [9.17, 15) is 0 Å². The second-order valence-electron chi connectivity index (χ2n) is 12.6. The number of benzene rings is 7. The van der Waals surface area contributed by atoms with Gasteiger partial charge in [0.1, 0.15) is 11.6 Å². The zero-order valence-electron chi connectivity index (χ0n) is 33.0. The number of para-hydroxylation sites is 7. The summed E-state index contributed by atoms with van der Waals surface area (Å²) in [4.78, 5) is 10.7. The number of hydrogen-bond acceptors (Lipinski definition) is 2. The van der Waals surface area contributed by atoms with E-state index < -0.39 is 0 Å². The fraction of sp³-hybridized carbons (Fsp3) is 0. The van der Waals surface area contributed by atoms with Crippen molar-refractivity contribution >= 4 is 65.4 Å². The Bertz CT molecular complexity index is 3190. The summed E-state index contributed by atoms with van der Waals surface area (Å²) in [6.45, 7) is 0. The largest absolute Gasteiger partial charge is 0.309 e. The summed E-state index contributed by atoms with van der Waals surface area (Å²) in [5.41, 5.74) is 6.64. The molecule has 0 unspecified atom stereocenters. The van der Waals surface area contributed by atoms with Gasteiger partial charge in [-0.3, -0.25) is 9.13 Å². The van der Waals surface area contributed by atoms with Crippen molar-refractivity contribution in [2.24, 2.45) is 0 Å². The molecule has 238 valence electrons. The van der Waals surface area contributed by atoms with Crippen LogP contribution in [0.1, 0.15) is 8.22 Å². The molecule has 0 aliphatic rings. The first-order valence-electron chi connectivity index (χ1n) is 19.7. The standard InChI is InChI=1S/C46H29N5/c1-8-22-37-30(15-1)31-16-2-9-23-38(31)49(37)43-28-14-7-21-36(43)46-47-44(50-39-24-10-3-17-32(39)33-18-4-11-25-40(33)50)29-45(48-46)51-41-26-12-5-19-34(41)35-20-6-13-27-42(35)51/h1-29H/i1D,2D,3D,4D,5D,6D. The van der Waals surface area contributed by atoms with Crippen molar-refractivity contribution in [3.05, 3.63) is 176 Å². The van der Waals surface area contributed by atoms with Crippen LogP contribution in [0.15, 0.2) is 176 Å². The highest BCUT2D eigenvalue weighted by Gasteiger charge is 2.21. The molecule has 11 rings (SSSR count). The van der Waals surface area contributed by atoms with E-state index in [1.807, 2.05) is 103 Å². The molecule has 5 nitrogen and oxygen atoms in total. The highest BCUT2D eigenvalue weighted by atomic mass is 15.1. The lowest BCUT2D eigenvalue weighted by molar-refractivity contribution is 0.991. The van der Waals surface area contributed by atoms with Crippen LogP contribution in [0.4, 0.5) is 0 Å². The van der Waals surface area contributed by atoms with Crippen molar-refractivity contribution in [2.75, 3.05) is 0 Å². The van der Waals surface area contributed by atoms with E-state index in [2.05, 4.69) is 13.7 Å². The summed E-state index contributed by atoms with van der Waals surface area (Å²) < 4.78 is 57.0. The van der Waals surface area contributed by atoms with E-state index in [-0.39, 0.29) is 0 Å². The van der Waals surface area contributed by atoms with Gasteiger partial charge >= 0.3 is 0 Å². The molecule has 0 radical (unpaired) electrons. The summed E-state index contributed by atoms with van der Waals surface area (Å²) in [5, 5.41) is 5.09. The summed E-state index contributed by atoms with van der Waals surface area (Å²) >= 11 is 0.